The fraction of sp³-hybridized carbons (Fsp3) is 0.455. The molecule has 0 aliphatic carbocycles. The highest BCUT2D eigenvalue weighted by Gasteiger charge is 2.00. The molecule has 2 N–H and O–H groups in total. The summed E-state index contributed by atoms with van der Waals surface area (Å²) in [7, 11) is 0. The lowest BCUT2D eigenvalue weighted by Crippen LogP contribution is -2.33. The van der Waals surface area contributed by atoms with Crippen molar-refractivity contribution in [3.05, 3.63) is 29.6 Å². The number of likely N-dealkylation sites (N-methyl/N-ethyl adjacent to an activating group) is 1. The molecule has 1 aromatic rings. The van der Waals surface area contributed by atoms with E-state index in [2.05, 4.69) is 15.6 Å². The minimum Gasteiger partial charge on any atom is -0.349 e. The van der Waals surface area contributed by atoms with Crippen molar-refractivity contribution in [2.24, 2.45) is 0 Å². The van der Waals surface area contributed by atoms with Gasteiger partial charge in [-0.15, -0.1) is 0 Å². The lowest BCUT2D eigenvalue weighted by molar-refractivity contribution is -0.120. The molecule has 82 valence electrons. The number of hydrogen-bond donors (Lipinski definition) is 2. The van der Waals surface area contributed by atoms with Crippen LogP contribution in [0.4, 0.5) is 0 Å². The molecule has 0 saturated heterocycles. The van der Waals surface area contributed by atoms with Crippen molar-refractivity contribution in [1.82, 2.24) is 15.6 Å². The number of rotatable bonds is 5. The van der Waals surface area contributed by atoms with Gasteiger partial charge in [-0.2, -0.15) is 0 Å². The van der Waals surface area contributed by atoms with Crippen molar-refractivity contribution in [2.75, 3.05) is 13.1 Å². The van der Waals surface area contributed by atoms with Crippen LogP contribution in [-0.4, -0.2) is 24.0 Å². The first-order chi connectivity index (χ1) is 7.22. The van der Waals surface area contributed by atoms with Crippen LogP contribution in [0.3, 0.4) is 0 Å². The number of carbonyl (C=O) groups is 1. The van der Waals surface area contributed by atoms with Crippen LogP contribution in [0.5, 0.6) is 0 Å². The molecule has 4 nitrogen and oxygen atoms in total. The van der Waals surface area contributed by atoms with Gasteiger partial charge in [0, 0.05) is 5.69 Å². The van der Waals surface area contributed by atoms with Crippen LogP contribution in [0.25, 0.3) is 0 Å². The molecule has 1 rings (SSSR count). The third-order valence-electron chi connectivity index (χ3n) is 1.95. The zero-order valence-electron chi connectivity index (χ0n) is 9.21. The Balaban J connectivity index is 2.33. The maximum absolute atomic E-state index is 11.3. The van der Waals surface area contributed by atoms with Crippen LogP contribution in [0.1, 0.15) is 18.3 Å². The minimum atomic E-state index is 0.000145. The molecule has 0 bridgehead atoms. The van der Waals surface area contributed by atoms with Gasteiger partial charge >= 0.3 is 0 Å². The molecule has 0 fully saturated rings. The summed E-state index contributed by atoms with van der Waals surface area (Å²) >= 11 is 0. The summed E-state index contributed by atoms with van der Waals surface area (Å²) in [4.78, 5) is 15.5. The summed E-state index contributed by atoms with van der Waals surface area (Å²) in [5.41, 5.74) is 1.85. The summed E-state index contributed by atoms with van der Waals surface area (Å²) in [6, 6.07) is 5.78. The molecular formula is C11H17N3O. The van der Waals surface area contributed by atoms with Gasteiger partial charge < -0.3 is 10.6 Å². The number of pyridine rings is 1. The molecule has 0 aromatic carbocycles. The van der Waals surface area contributed by atoms with E-state index in [1.807, 2.05) is 32.0 Å². The number of amides is 1. The van der Waals surface area contributed by atoms with Crippen molar-refractivity contribution in [2.45, 2.75) is 20.4 Å². The maximum atomic E-state index is 11.3. The zero-order valence-corrected chi connectivity index (χ0v) is 9.21. The number of nitrogens with one attached hydrogen (secondary N) is 2. The summed E-state index contributed by atoms with van der Waals surface area (Å²) in [5, 5.41) is 5.76. The van der Waals surface area contributed by atoms with Gasteiger partial charge in [0.05, 0.1) is 18.8 Å². The SMILES string of the molecule is CCNCC(=O)NCc1cccc(C)n1. The van der Waals surface area contributed by atoms with Crippen LogP contribution < -0.4 is 10.6 Å². The van der Waals surface area contributed by atoms with Crippen molar-refractivity contribution in [3.63, 3.8) is 0 Å². The Labute approximate surface area is 90.1 Å². The van der Waals surface area contributed by atoms with Gasteiger partial charge in [-0.25, -0.2) is 0 Å². The second-order valence-electron chi connectivity index (χ2n) is 3.33. The van der Waals surface area contributed by atoms with Gasteiger partial charge in [-0.3, -0.25) is 9.78 Å². The smallest absolute Gasteiger partial charge is 0.234 e. The first-order valence-electron chi connectivity index (χ1n) is 5.12. The van der Waals surface area contributed by atoms with Crippen LogP contribution in [0.15, 0.2) is 18.2 Å². The quantitative estimate of drug-likeness (QED) is 0.744. The van der Waals surface area contributed by atoms with E-state index in [1.54, 1.807) is 0 Å². The number of aromatic nitrogens is 1. The Kier molecular flexibility index (Phi) is 4.77. The first kappa shape index (κ1) is 11.7. The van der Waals surface area contributed by atoms with E-state index in [1.165, 1.54) is 0 Å². The highest BCUT2D eigenvalue weighted by atomic mass is 16.1. The van der Waals surface area contributed by atoms with Crippen molar-refractivity contribution < 1.29 is 4.79 Å². The zero-order chi connectivity index (χ0) is 11.1. The average molecular weight is 207 g/mol. The summed E-state index contributed by atoms with van der Waals surface area (Å²) < 4.78 is 0. The Hall–Kier alpha value is -1.42. The van der Waals surface area contributed by atoms with Crippen molar-refractivity contribution in [1.29, 1.82) is 0 Å². The van der Waals surface area contributed by atoms with Gasteiger partial charge in [0.1, 0.15) is 0 Å². The first-order valence-corrected chi connectivity index (χ1v) is 5.12. The molecule has 0 radical (unpaired) electrons. The summed E-state index contributed by atoms with van der Waals surface area (Å²) in [6.07, 6.45) is 0. The molecule has 0 aliphatic heterocycles. The Morgan fingerprint density at radius 3 is 2.93 bits per heavy atom. The molecule has 15 heavy (non-hydrogen) atoms. The van der Waals surface area contributed by atoms with E-state index >= 15 is 0 Å². The van der Waals surface area contributed by atoms with Crippen LogP contribution in [-0.2, 0) is 11.3 Å². The van der Waals surface area contributed by atoms with Crippen molar-refractivity contribution in [3.8, 4) is 0 Å². The third-order valence-corrected chi connectivity index (χ3v) is 1.95. The Bertz CT molecular complexity index is 325. The monoisotopic (exact) mass is 207 g/mol. The predicted octanol–water partition coefficient (Wildman–Crippen LogP) is 0.616. The number of hydrogen-bond acceptors (Lipinski definition) is 3. The molecular weight excluding hydrogens is 190 g/mol. The Morgan fingerprint density at radius 1 is 1.47 bits per heavy atom. The normalized spacial score (nSPS) is 10.0. The second kappa shape index (κ2) is 6.14. The number of carbonyl (C=O) groups excluding carboxylic acids is 1. The second-order valence-corrected chi connectivity index (χ2v) is 3.33. The van der Waals surface area contributed by atoms with Gasteiger partial charge in [-0.05, 0) is 25.6 Å². The van der Waals surface area contributed by atoms with Crippen LogP contribution >= 0.6 is 0 Å². The van der Waals surface area contributed by atoms with Crippen LogP contribution in [0.2, 0.25) is 0 Å². The molecule has 0 saturated carbocycles. The molecule has 0 unspecified atom stereocenters. The molecule has 0 spiro atoms. The van der Waals surface area contributed by atoms with Crippen LogP contribution in [0, 0.1) is 6.92 Å². The molecule has 4 heteroatoms. The lowest BCUT2D eigenvalue weighted by atomic mass is 10.3. The molecule has 0 aliphatic rings. The highest BCUT2D eigenvalue weighted by molar-refractivity contribution is 5.77. The van der Waals surface area contributed by atoms with Gasteiger partial charge in [0.15, 0.2) is 0 Å². The minimum absolute atomic E-state index is 0.000145. The predicted molar refractivity (Wildman–Crippen MR) is 59.4 cm³/mol. The van der Waals surface area contributed by atoms with E-state index in [4.69, 9.17) is 0 Å². The fourth-order valence-electron chi connectivity index (χ4n) is 1.19. The average Bonchev–Trinajstić information content (AvgIpc) is 2.23. The summed E-state index contributed by atoms with van der Waals surface area (Å²) in [6.45, 7) is 5.56. The topological polar surface area (TPSA) is 54.0 Å². The fourth-order valence-corrected chi connectivity index (χ4v) is 1.19. The van der Waals surface area contributed by atoms with E-state index in [0.717, 1.165) is 17.9 Å². The van der Waals surface area contributed by atoms with Gasteiger partial charge in [-0.1, -0.05) is 13.0 Å². The van der Waals surface area contributed by atoms with Gasteiger partial charge in [0.2, 0.25) is 5.91 Å². The Morgan fingerprint density at radius 2 is 2.27 bits per heavy atom. The molecule has 1 aromatic heterocycles. The molecule has 1 heterocycles. The van der Waals surface area contributed by atoms with Gasteiger partial charge in [0.25, 0.3) is 0 Å². The van der Waals surface area contributed by atoms with E-state index < -0.39 is 0 Å². The maximum Gasteiger partial charge on any atom is 0.234 e. The van der Waals surface area contributed by atoms with E-state index in [-0.39, 0.29) is 5.91 Å². The van der Waals surface area contributed by atoms with E-state index in [9.17, 15) is 4.79 Å². The third kappa shape index (κ3) is 4.56. The number of aryl methyl sites for hydroxylation is 1. The van der Waals surface area contributed by atoms with Crippen molar-refractivity contribution >= 4 is 5.91 Å². The standard InChI is InChI=1S/C11H17N3O/c1-3-12-8-11(15)13-7-10-6-4-5-9(2)14-10/h4-6,12H,3,7-8H2,1-2H3,(H,13,15). The largest absolute Gasteiger partial charge is 0.349 e. The lowest BCUT2D eigenvalue weighted by Gasteiger charge is -2.05. The molecule has 0 atom stereocenters. The highest BCUT2D eigenvalue weighted by Crippen LogP contribution is 1.96. The molecule has 1 amide bonds. The summed E-state index contributed by atoms with van der Waals surface area (Å²) in [5.74, 6) is 0.000145. The number of nitrogens with zero attached hydrogens (tertiary/aromatic N) is 1. The van der Waals surface area contributed by atoms with E-state index in [0.29, 0.717) is 13.1 Å².